The van der Waals surface area contributed by atoms with Gasteiger partial charge in [-0.2, -0.15) is 13.2 Å². The van der Waals surface area contributed by atoms with Crippen molar-refractivity contribution in [3.05, 3.63) is 114 Å². The minimum atomic E-state index is -4.45. The zero-order valence-corrected chi connectivity index (χ0v) is 24.2. The number of halogens is 3. The van der Waals surface area contributed by atoms with Crippen molar-refractivity contribution in [3.63, 3.8) is 0 Å². The molecular weight excluding hydrogens is 599 g/mol. The number of anilines is 1. The van der Waals surface area contributed by atoms with Crippen molar-refractivity contribution in [2.24, 2.45) is 0 Å². The number of alkyl halides is 3. The molecule has 1 fully saturated rings. The topological polar surface area (TPSA) is 132 Å². The highest BCUT2D eigenvalue weighted by atomic mass is 19.4. The van der Waals surface area contributed by atoms with Crippen LogP contribution in [0.25, 0.3) is 5.58 Å². The van der Waals surface area contributed by atoms with E-state index in [1.54, 1.807) is 36.5 Å². The van der Waals surface area contributed by atoms with Crippen molar-refractivity contribution in [3.8, 4) is 5.75 Å². The molecule has 0 radical (unpaired) electrons. The Morgan fingerprint density at radius 1 is 0.978 bits per heavy atom. The first-order chi connectivity index (χ1) is 21.5. The third-order valence-electron chi connectivity index (χ3n) is 7.32. The number of rotatable bonds is 9. The van der Waals surface area contributed by atoms with E-state index in [2.05, 4.69) is 9.88 Å². The molecule has 1 aliphatic heterocycles. The van der Waals surface area contributed by atoms with Crippen LogP contribution in [0, 0.1) is 6.92 Å². The maximum atomic E-state index is 13.5. The number of nitrogens with zero attached hydrogens (tertiary/aromatic N) is 5. The fraction of sp³-hybridized carbons (Fsp3) is 0.367. The summed E-state index contributed by atoms with van der Waals surface area (Å²) in [6.07, 6.45) is -1.24. The van der Waals surface area contributed by atoms with Crippen LogP contribution in [-0.2, 0) is 0 Å². The van der Waals surface area contributed by atoms with Crippen LogP contribution in [-0.4, -0.2) is 64.5 Å². The number of piperazine rings is 1. The predicted molar refractivity (Wildman–Crippen MR) is 157 cm³/mol. The number of benzene rings is 1. The molecule has 1 aromatic carbocycles. The summed E-state index contributed by atoms with van der Waals surface area (Å²) >= 11 is 0. The lowest BCUT2D eigenvalue weighted by atomic mass is 10.0. The highest BCUT2D eigenvalue weighted by Crippen LogP contribution is 2.30. The largest absolute Gasteiger partial charge is 0.482 e. The molecule has 12 nitrogen and oxygen atoms in total. The van der Waals surface area contributed by atoms with Gasteiger partial charge in [-0.25, -0.2) is 19.0 Å². The summed E-state index contributed by atoms with van der Waals surface area (Å²) in [6, 6.07) is 10.8. The van der Waals surface area contributed by atoms with Crippen molar-refractivity contribution in [2.45, 2.75) is 32.0 Å². The summed E-state index contributed by atoms with van der Waals surface area (Å²) in [7, 11) is 0. The van der Waals surface area contributed by atoms with E-state index < -0.39 is 46.9 Å². The van der Waals surface area contributed by atoms with Crippen molar-refractivity contribution in [2.75, 3.05) is 44.2 Å². The highest BCUT2D eigenvalue weighted by molar-refractivity contribution is 5.58. The summed E-state index contributed by atoms with van der Waals surface area (Å²) in [6.45, 7) is 3.37. The molecule has 1 aliphatic rings. The summed E-state index contributed by atoms with van der Waals surface area (Å²) < 4.78 is 54.8. The Hall–Kier alpha value is -4.92. The van der Waals surface area contributed by atoms with E-state index in [1.165, 1.54) is 6.07 Å². The van der Waals surface area contributed by atoms with Gasteiger partial charge < -0.3 is 18.6 Å². The van der Waals surface area contributed by atoms with Crippen molar-refractivity contribution >= 4 is 11.3 Å². The molecule has 0 spiro atoms. The van der Waals surface area contributed by atoms with E-state index in [-0.39, 0.29) is 12.2 Å². The van der Waals surface area contributed by atoms with Gasteiger partial charge in [0.25, 0.3) is 5.56 Å². The average molecular weight is 630 g/mol. The lowest BCUT2D eigenvalue weighted by Crippen LogP contribution is -2.47. The molecule has 4 aromatic rings. The summed E-state index contributed by atoms with van der Waals surface area (Å²) in [5.41, 5.74) is -2.47. The molecule has 15 heteroatoms. The van der Waals surface area contributed by atoms with Crippen molar-refractivity contribution in [1.82, 2.24) is 19.0 Å². The Kier molecular flexibility index (Phi) is 9.37. The van der Waals surface area contributed by atoms with Gasteiger partial charge in [-0.15, -0.1) is 4.57 Å². The Morgan fingerprint density at radius 3 is 2.44 bits per heavy atom. The Balaban J connectivity index is 1.35. The molecule has 1 atom stereocenters. The first-order valence-electron chi connectivity index (χ1n) is 14.2. The molecule has 5 rings (SSSR count). The molecule has 0 saturated carbocycles. The van der Waals surface area contributed by atoms with Crippen LogP contribution in [0.5, 0.6) is 5.75 Å². The number of pyridine rings is 1. The van der Waals surface area contributed by atoms with Gasteiger partial charge in [0.05, 0.1) is 23.6 Å². The van der Waals surface area contributed by atoms with Crippen LogP contribution in [0.2, 0.25) is 0 Å². The first-order valence-corrected chi connectivity index (χ1v) is 14.2. The number of para-hydroxylation sites is 2. The molecule has 0 N–H and O–H groups in total. The van der Waals surface area contributed by atoms with Gasteiger partial charge in [0.2, 0.25) is 5.58 Å². The SMILES string of the molecule is Cc1ccnc(C(CCCN2CCN(c3ccccc3OCC(F)(F)F)CC2)n2c(=O)c3cn(oc(=O)ccc(=O)o3)c2=O)c1. The van der Waals surface area contributed by atoms with Gasteiger partial charge in [-0.1, -0.05) is 12.1 Å². The van der Waals surface area contributed by atoms with Crippen LogP contribution in [0.1, 0.15) is 30.1 Å². The van der Waals surface area contributed by atoms with Crippen LogP contribution in [0.15, 0.2) is 89.0 Å². The van der Waals surface area contributed by atoms with Crippen LogP contribution < -0.4 is 32.1 Å². The minimum absolute atomic E-state index is 0.164. The molecule has 45 heavy (non-hydrogen) atoms. The lowest BCUT2D eigenvalue weighted by Gasteiger charge is -2.37. The average Bonchev–Trinajstić information content (AvgIpc) is 3.07. The minimum Gasteiger partial charge on any atom is -0.482 e. The Bertz CT molecular complexity index is 1860. The zero-order chi connectivity index (χ0) is 32.1. The van der Waals surface area contributed by atoms with Crippen molar-refractivity contribution in [1.29, 1.82) is 0 Å². The van der Waals surface area contributed by atoms with E-state index in [4.69, 9.17) is 13.7 Å². The molecule has 4 heterocycles. The van der Waals surface area contributed by atoms with E-state index in [0.29, 0.717) is 55.1 Å². The molecule has 0 aliphatic carbocycles. The number of aromatic nitrogens is 3. The van der Waals surface area contributed by atoms with Crippen LogP contribution >= 0.6 is 0 Å². The Morgan fingerprint density at radius 2 is 1.71 bits per heavy atom. The molecule has 3 aromatic heterocycles. The molecule has 1 saturated heterocycles. The van der Waals surface area contributed by atoms with E-state index >= 15 is 0 Å². The fourth-order valence-corrected chi connectivity index (χ4v) is 5.22. The molecule has 1 unspecified atom stereocenters. The molecule has 238 valence electrons. The second kappa shape index (κ2) is 13.4. The highest BCUT2D eigenvalue weighted by Gasteiger charge is 2.30. The number of fused-ring (bicyclic) bond motifs is 2. The summed E-state index contributed by atoms with van der Waals surface area (Å²) in [4.78, 5) is 59.6. The van der Waals surface area contributed by atoms with Gasteiger partial charge in [0.15, 0.2) is 6.61 Å². The third-order valence-corrected chi connectivity index (χ3v) is 7.32. The first kappa shape index (κ1) is 31.5. The fourth-order valence-electron chi connectivity index (χ4n) is 5.22. The standard InChI is InChI=1S/C30H30F3N5O7/c1-20-10-11-34-21(17-20)22(38-28(41)25-18-37(29(38)42)45-27(40)9-8-26(39)44-25)6-4-12-35-13-15-36(16-14-35)23-5-2-3-7-24(23)43-19-30(31,32)33/h2-3,5,7-11,17-18,22H,4,6,12-16,19H2,1H3. The molecule has 2 bridgehead atoms. The number of hydrogen-bond donors (Lipinski definition) is 0. The lowest BCUT2D eigenvalue weighted by molar-refractivity contribution is -0.153. The van der Waals surface area contributed by atoms with Gasteiger partial charge in [0.1, 0.15) is 5.75 Å². The zero-order valence-electron chi connectivity index (χ0n) is 24.2. The number of aryl methyl sites for hydroxylation is 1. The third kappa shape index (κ3) is 7.78. The van der Waals surface area contributed by atoms with Gasteiger partial charge in [-0.05, 0) is 56.1 Å². The number of hydrogen-bond acceptors (Lipinski definition) is 10. The number of ether oxygens (including phenoxy) is 1. The molecular formula is C30H30F3N5O7. The van der Waals surface area contributed by atoms with Gasteiger partial charge in [-0.3, -0.25) is 14.7 Å². The Labute approximate surface area is 253 Å². The maximum Gasteiger partial charge on any atom is 0.422 e. The summed E-state index contributed by atoms with van der Waals surface area (Å²) in [5, 5.41) is 0. The van der Waals surface area contributed by atoms with E-state index in [0.717, 1.165) is 28.5 Å². The normalized spacial score (nSPS) is 14.8. The quantitative estimate of drug-likeness (QED) is 0.272. The van der Waals surface area contributed by atoms with E-state index in [9.17, 15) is 32.3 Å². The van der Waals surface area contributed by atoms with Crippen LogP contribution in [0.4, 0.5) is 18.9 Å². The second-order valence-electron chi connectivity index (χ2n) is 10.6. The monoisotopic (exact) mass is 629 g/mol. The van der Waals surface area contributed by atoms with E-state index in [1.807, 2.05) is 11.8 Å². The smallest absolute Gasteiger partial charge is 0.422 e. The van der Waals surface area contributed by atoms with Gasteiger partial charge in [0, 0.05) is 44.5 Å². The molecule has 0 amide bonds. The van der Waals surface area contributed by atoms with Crippen molar-refractivity contribution < 1.29 is 26.8 Å². The van der Waals surface area contributed by atoms with Crippen LogP contribution in [0.3, 0.4) is 0 Å². The van der Waals surface area contributed by atoms with Gasteiger partial charge >= 0.3 is 23.1 Å². The predicted octanol–water partition coefficient (Wildman–Crippen LogP) is 2.77. The maximum absolute atomic E-state index is 13.5. The second-order valence-corrected chi connectivity index (χ2v) is 10.6. The summed E-state index contributed by atoms with van der Waals surface area (Å²) in [5.74, 6) is 0.164.